The lowest BCUT2D eigenvalue weighted by Gasteiger charge is -2.26. The van der Waals surface area contributed by atoms with Crippen molar-refractivity contribution < 1.29 is 4.52 Å². The molecular weight excluding hydrogens is 336 g/mol. The molecule has 3 aromatic rings. The summed E-state index contributed by atoms with van der Waals surface area (Å²) in [5, 5.41) is 4.25. The Balaban J connectivity index is 1.29. The number of hydrogen-bond acceptors (Lipinski definition) is 5. The van der Waals surface area contributed by atoms with Gasteiger partial charge in [0.25, 0.3) is 0 Å². The molecule has 5 heteroatoms. The zero-order chi connectivity index (χ0) is 18.1. The zero-order valence-corrected chi connectivity index (χ0v) is 15.4. The van der Waals surface area contributed by atoms with Crippen LogP contribution in [0.3, 0.4) is 0 Å². The van der Waals surface area contributed by atoms with Crippen molar-refractivity contribution in [3.63, 3.8) is 0 Å². The lowest BCUT2D eigenvalue weighted by molar-refractivity contribution is 0.221. The molecule has 27 heavy (non-hydrogen) atoms. The van der Waals surface area contributed by atoms with E-state index in [1.54, 1.807) is 0 Å². The van der Waals surface area contributed by atoms with E-state index >= 15 is 0 Å². The molecule has 0 amide bonds. The molecule has 5 rings (SSSR count). The largest absolute Gasteiger partial charge is 0.339 e. The van der Waals surface area contributed by atoms with Crippen molar-refractivity contribution in [1.82, 2.24) is 20.0 Å². The monoisotopic (exact) mass is 360 g/mol. The van der Waals surface area contributed by atoms with Crippen LogP contribution in [0.4, 0.5) is 0 Å². The molecule has 2 atom stereocenters. The number of hydrogen-bond donors (Lipinski definition) is 0. The van der Waals surface area contributed by atoms with Crippen LogP contribution in [-0.4, -0.2) is 33.1 Å². The highest BCUT2D eigenvalue weighted by atomic mass is 16.5. The molecule has 1 aliphatic carbocycles. The lowest BCUT2D eigenvalue weighted by Crippen LogP contribution is -2.29. The van der Waals surface area contributed by atoms with Crippen LogP contribution in [-0.2, 0) is 6.54 Å². The van der Waals surface area contributed by atoms with Crippen LogP contribution >= 0.6 is 0 Å². The number of piperidine rings is 1. The van der Waals surface area contributed by atoms with E-state index in [9.17, 15) is 0 Å². The number of aromatic nitrogens is 3. The second-order valence-corrected chi connectivity index (χ2v) is 7.73. The second kappa shape index (κ2) is 7.24. The van der Waals surface area contributed by atoms with Crippen molar-refractivity contribution in [2.45, 2.75) is 44.1 Å². The first-order valence-corrected chi connectivity index (χ1v) is 9.92. The van der Waals surface area contributed by atoms with Crippen molar-refractivity contribution in [3.8, 4) is 11.4 Å². The van der Waals surface area contributed by atoms with Gasteiger partial charge in [-0.15, -0.1) is 0 Å². The minimum atomic E-state index is 0.326. The highest BCUT2D eigenvalue weighted by Crippen LogP contribution is 2.54. The molecule has 5 nitrogen and oxygen atoms in total. The van der Waals surface area contributed by atoms with Crippen molar-refractivity contribution in [3.05, 3.63) is 65.8 Å². The quantitative estimate of drug-likeness (QED) is 0.675. The molecule has 1 saturated carbocycles. The molecule has 1 aromatic carbocycles. The predicted molar refractivity (Wildman–Crippen MR) is 103 cm³/mol. The Labute approximate surface area is 159 Å². The Bertz CT molecular complexity index is 901. The fourth-order valence-electron chi connectivity index (χ4n) is 4.12. The van der Waals surface area contributed by atoms with Crippen LogP contribution in [0, 0.1) is 0 Å². The highest BCUT2D eigenvalue weighted by Gasteiger charge is 2.43. The Morgan fingerprint density at radius 2 is 1.96 bits per heavy atom. The molecule has 1 aliphatic heterocycles. The van der Waals surface area contributed by atoms with Gasteiger partial charge < -0.3 is 4.52 Å². The van der Waals surface area contributed by atoms with E-state index in [2.05, 4.69) is 45.4 Å². The Hall–Kier alpha value is -2.53. The van der Waals surface area contributed by atoms with E-state index < -0.39 is 0 Å². The lowest BCUT2D eigenvalue weighted by atomic mass is 10.1. The van der Waals surface area contributed by atoms with Crippen molar-refractivity contribution in [1.29, 1.82) is 0 Å². The number of pyridine rings is 1. The third-order valence-electron chi connectivity index (χ3n) is 5.70. The third-order valence-corrected chi connectivity index (χ3v) is 5.70. The van der Waals surface area contributed by atoms with E-state index in [0.717, 1.165) is 24.4 Å². The van der Waals surface area contributed by atoms with E-state index in [4.69, 9.17) is 9.51 Å². The summed E-state index contributed by atoms with van der Waals surface area (Å²) in [7, 11) is 0. The number of benzene rings is 1. The standard InChI is InChI=1S/C22H24N4O/c1-2-10-26(11-3-1)15-16-6-4-7-17(12-16)21-24-22(27-25-21)20-13-19(20)18-8-5-9-23-14-18/h4-9,12,14,19-20H,1-3,10-11,13,15H2. The van der Waals surface area contributed by atoms with Gasteiger partial charge in [-0.05, 0) is 61.5 Å². The molecule has 0 N–H and O–H groups in total. The molecule has 0 spiro atoms. The van der Waals surface area contributed by atoms with Crippen molar-refractivity contribution in [2.75, 3.05) is 13.1 Å². The summed E-state index contributed by atoms with van der Waals surface area (Å²) in [6.07, 6.45) is 8.79. The molecule has 1 saturated heterocycles. The van der Waals surface area contributed by atoms with Crippen molar-refractivity contribution in [2.24, 2.45) is 0 Å². The summed E-state index contributed by atoms with van der Waals surface area (Å²) in [6, 6.07) is 12.7. The summed E-state index contributed by atoms with van der Waals surface area (Å²) in [5.41, 5.74) is 3.62. The van der Waals surface area contributed by atoms with Gasteiger partial charge in [0.1, 0.15) is 0 Å². The maximum absolute atomic E-state index is 5.59. The molecule has 138 valence electrons. The van der Waals surface area contributed by atoms with Gasteiger partial charge in [0, 0.05) is 30.4 Å². The van der Waals surface area contributed by atoms with E-state index in [1.165, 1.54) is 43.5 Å². The first-order valence-electron chi connectivity index (χ1n) is 9.92. The van der Waals surface area contributed by atoms with Gasteiger partial charge in [0.15, 0.2) is 0 Å². The van der Waals surface area contributed by atoms with Gasteiger partial charge in [0.2, 0.25) is 11.7 Å². The molecule has 2 fully saturated rings. The van der Waals surface area contributed by atoms with Gasteiger partial charge in [-0.2, -0.15) is 4.98 Å². The van der Waals surface area contributed by atoms with Gasteiger partial charge >= 0.3 is 0 Å². The van der Waals surface area contributed by atoms with Crippen LogP contribution in [0.15, 0.2) is 53.3 Å². The molecule has 2 aliphatic rings. The zero-order valence-electron chi connectivity index (χ0n) is 15.4. The summed E-state index contributed by atoms with van der Waals surface area (Å²) in [6.45, 7) is 3.41. The van der Waals surface area contributed by atoms with Crippen LogP contribution in [0.25, 0.3) is 11.4 Å². The minimum absolute atomic E-state index is 0.326. The molecule has 3 heterocycles. The molecule has 0 bridgehead atoms. The molecule has 0 radical (unpaired) electrons. The minimum Gasteiger partial charge on any atom is -0.339 e. The highest BCUT2D eigenvalue weighted by molar-refractivity contribution is 5.55. The maximum Gasteiger partial charge on any atom is 0.230 e. The normalized spacial score (nSPS) is 22.7. The average Bonchev–Trinajstić information content (AvgIpc) is 3.38. The third kappa shape index (κ3) is 3.65. The SMILES string of the molecule is c1cc(CN2CCCCC2)cc(-c2noc(C3CC3c3cccnc3)n2)c1. The smallest absolute Gasteiger partial charge is 0.230 e. The van der Waals surface area contributed by atoms with Gasteiger partial charge in [0.05, 0.1) is 0 Å². The molecular formula is C22H24N4O. The van der Waals surface area contributed by atoms with Crippen LogP contribution in [0.1, 0.15) is 54.5 Å². The van der Waals surface area contributed by atoms with E-state index in [1.807, 2.05) is 18.5 Å². The van der Waals surface area contributed by atoms with Crippen LogP contribution in [0.2, 0.25) is 0 Å². The Morgan fingerprint density at radius 1 is 1.04 bits per heavy atom. The Morgan fingerprint density at radius 3 is 2.81 bits per heavy atom. The van der Waals surface area contributed by atoms with Crippen LogP contribution < -0.4 is 0 Å². The van der Waals surface area contributed by atoms with E-state index in [0.29, 0.717) is 17.7 Å². The Kier molecular flexibility index (Phi) is 4.46. The van der Waals surface area contributed by atoms with Crippen LogP contribution in [0.5, 0.6) is 0 Å². The van der Waals surface area contributed by atoms with Gasteiger partial charge in [-0.25, -0.2) is 0 Å². The van der Waals surface area contributed by atoms with Gasteiger partial charge in [-0.1, -0.05) is 35.8 Å². The number of likely N-dealkylation sites (tertiary alicyclic amines) is 1. The van der Waals surface area contributed by atoms with Gasteiger partial charge in [-0.3, -0.25) is 9.88 Å². The fourth-order valence-corrected chi connectivity index (χ4v) is 4.12. The summed E-state index contributed by atoms with van der Waals surface area (Å²) >= 11 is 0. The topological polar surface area (TPSA) is 55.1 Å². The first kappa shape index (κ1) is 16.6. The summed E-state index contributed by atoms with van der Waals surface area (Å²) < 4.78 is 5.59. The number of rotatable bonds is 5. The second-order valence-electron chi connectivity index (χ2n) is 7.73. The molecule has 2 aromatic heterocycles. The average molecular weight is 360 g/mol. The number of nitrogens with zero attached hydrogens (tertiary/aromatic N) is 4. The maximum atomic E-state index is 5.59. The summed E-state index contributed by atoms with van der Waals surface area (Å²) in [4.78, 5) is 11.4. The molecule has 2 unspecified atom stereocenters. The van der Waals surface area contributed by atoms with E-state index in [-0.39, 0.29) is 0 Å². The first-order chi connectivity index (χ1) is 13.4. The fraction of sp³-hybridized carbons (Fsp3) is 0.409. The predicted octanol–water partition coefficient (Wildman–Crippen LogP) is 4.39. The summed E-state index contributed by atoms with van der Waals surface area (Å²) in [5.74, 6) is 2.23. The van der Waals surface area contributed by atoms with Crippen molar-refractivity contribution >= 4 is 0 Å².